The summed E-state index contributed by atoms with van der Waals surface area (Å²) in [4.78, 5) is 16.7. The van der Waals surface area contributed by atoms with E-state index in [0.717, 1.165) is 11.3 Å². The standard InChI is InChI=1S/C19H21N3O2/c1-19(2,3)21-18(23)14-7-6-8-16(11-14)24-13-15-12-22-10-5-4-9-17(22)20-15/h4-12H,13H2,1-3H3,(H,21,23). The van der Waals surface area contributed by atoms with Crippen LogP contribution in [0.1, 0.15) is 36.8 Å². The quantitative estimate of drug-likeness (QED) is 0.800. The number of carbonyl (C=O) groups excluding carboxylic acids is 1. The smallest absolute Gasteiger partial charge is 0.251 e. The molecule has 0 radical (unpaired) electrons. The van der Waals surface area contributed by atoms with Gasteiger partial charge in [0.15, 0.2) is 0 Å². The van der Waals surface area contributed by atoms with Crippen LogP contribution in [0.25, 0.3) is 5.65 Å². The zero-order chi connectivity index (χ0) is 17.2. The SMILES string of the molecule is CC(C)(C)NC(=O)c1cccc(OCc2cn3ccccc3n2)c1. The van der Waals surface area contributed by atoms with E-state index in [1.54, 1.807) is 12.1 Å². The van der Waals surface area contributed by atoms with Gasteiger partial charge in [-0.15, -0.1) is 0 Å². The summed E-state index contributed by atoms with van der Waals surface area (Å²) >= 11 is 0. The predicted molar refractivity (Wildman–Crippen MR) is 93.2 cm³/mol. The molecule has 2 aromatic heterocycles. The fourth-order valence-corrected chi connectivity index (χ4v) is 2.35. The molecule has 0 atom stereocenters. The van der Waals surface area contributed by atoms with Gasteiger partial charge in [0.05, 0.1) is 5.69 Å². The summed E-state index contributed by atoms with van der Waals surface area (Å²) in [6.07, 6.45) is 3.88. The number of hydrogen-bond donors (Lipinski definition) is 1. The number of rotatable bonds is 4. The van der Waals surface area contributed by atoms with Crippen molar-refractivity contribution >= 4 is 11.6 Å². The number of amides is 1. The number of benzene rings is 1. The number of carbonyl (C=O) groups is 1. The summed E-state index contributed by atoms with van der Waals surface area (Å²) in [5, 5.41) is 2.94. The highest BCUT2D eigenvalue weighted by molar-refractivity contribution is 5.95. The molecule has 3 aromatic rings. The van der Waals surface area contributed by atoms with Crippen molar-refractivity contribution in [3.63, 3.8) is 0 Å². The van der Waals surface area contributed by atoms with Crippen molar-refractivity contribution in [1.29, 1.82) is 0 Å². The van der Waals surface area contributed by atoms with Crippen LogP contribution in [0.2, 0.25) is 0 Å². The second kappa shape index (κ2) is 6.35. The van der Waals surface area contributed by atoms with Gasteiger partial charge in [0.1, 0.15) is 18.0 Å². The zero-order valence-corrected chi connectivity index (χ0v) is 14.1. The third-order valence-electron chi connectivity index (χ3n) is 3.39. The van der Waals surface area contributed by atoms with Crippen LogP contribution >= 0.6 is 0 Å². The molecule has 24 heavy (non-hydrogen) atoms. The number of ether oxygens (including phenoxy) is 1. The van der Waals surface area contributed by atoms with E-state index in [-0.39, 0.29) is 11.4 Å². The van der Waals surface area contributed by atoms with Gasteiger partial charge in [0.2, 0.25) is 0 Å². The Labute approximate surface area is 141 Å². The number of fused-ring (bicyclic) bond motifs is 1. The summed E-state index contributed by atoms with van der Waals surface area (Å²) in [6.45, 7) is 6.21. The van der Waals surface area contributed by atoms with Gasteiger partial charge in [0, 0.05) is 23.5 Å². The number of pyridine rings is 1. The van der Waals surface area contributed by atoms with Crippen LogP contribution in [0.15, 0.2) is 54.9 Å². The van der Waals surface area contributed by atoms with Gasteiger partial charge in [0.25, 0.3) is 5.91 Å². The third kappa shape index (κ3) is 3.93. The van der Waals surface area contributed by atoms with Crippen LogP contribution < -0.4 is 10.1 Å². The minimum Gasteiger partial charge on any atom is -0.487 e. The summed E-state index contributed by atoms with van der Waals surface area (Å²) in [5.74, 6) is 0.536. The summed E-state index contributed by atoms with van der Waals surface area (Å²) < 4.78 is 7.74. The molecule has 5 heteroatoms. The van der Waals surface area contributed by atoms with Crippen LogP contribution in [-0.4, -0.2) is 20.8 Å². The fourth-order valence-electron chi connectivity index (χ4n) is 2.35. The molecule has 0 saturated carbocycles. The average molecular weight is 323 g/mol. The van der Waals surface area contributed by atoms with Crippen molar-refractivity contribution in [2.75, 3.05) is 0 Å². The highest BCUT2D eigenvalue weighted by Gasteiger charge is 2.15. The molecular formula is C19H21N3O2. The Balaban J connectivity index is 1.69. The number of nitrogens with one attached hydrogen (secondary N) is 1. The van der Waals surface area contributed by atoms with Gasteiger partial charge < -0.3 is 14.5 Å². The first kappa shape index (κ1) is 16.1. The second-order valence-corrected chi connectivity index (χ2v) is 6.72. The topological polar surface area (TPSA) is 55.6 Å². The van der Waals surface area contributed by atoms with E-state index in [1.165, 1.54) is 0 Å². The van der Waals surface area contributed by atoms with Gasteiger partial charge in [-0.25, -0.2) is 4.98 Å². The van der Waals surface area contributed by atoms with E-state index in [9.17, 15) is 4.79 Å². The normalized spacial score (nSPS) is 11.5. The highest BCUT2D eigenvalue weighted by Crippen LogP contribution is 2.16. The largest absolute Gasteiger partial charge is 0.487 e. The van der Waals surface area contributed by atoms with Crippen molar-refractivity contribution in [2.24, 2.45) is 0 Å². The van der Waals surface area contributed by atoms with E-state index >= 15 is 0 Å². The van der Waals surface area contributed by atoms with Crippen molar-refractivity contribution < 1.29 is 9.53 Å². The van der Waals surface area contributed by atoms with Crippen LogP contribution in [0, 0.1) is 0 Å². The van der Waals surface area contributed by atoms with Crippen molar-refractivity contribution in [3.8, 4) is 5.75 Å². The Morgan fingerprint density at radius 1 is 1.21 bits per heavy atom. The Hall–Kier alpha value is -2.82. The summed E-state index contributed by atoms with van der Waals surface area (Å²) in [5.41, 5.74) is 2.03. The van der Waals surface area contributed by atoms with E-state index in [2.05, 4.69) is 10.3 Å². The third-order valence-corrected chi connectivity index (χ3v) is 3.39. The van der Waals surface area contributed by atoms with Crippen LogP contribution in [-0.2, 0) is 6.61 Å². The lowest BCUT2D eigenvalue weighted by Gasteiger charge is -2.20. The van der Waals surface area contributed by atoms with Gasteiger partial charge in [-0.2, -0.15) is 0 Å². The van der Waals surface area contributed by atoms with Crippen LogP contribution in [0.5, 0.6) is 5.75 Å². The lowest BCUT2D eigenvalue weighted by Crippen LogP contribution is -2.40. The number of hydrogen-bond acceptors (Lipinski definition) is 3. The first-order valence-electron chi connectivity index (χ1n) is 7.89. The molecule has 2 heterocycles. The lowest BCUT2D eigenvalue weighted by atomic mass is 10.1. The maximum Gasteiger partial charge on any atom is 0.251 e. The molecule has 124 valence electrons. The molecule has 3 rings (SSSR count). The van der Waals surface area contributed by atoms with E-state index in [4.69, 9.17) is 4.74 Å². The van der Waals surface area contributed by atoms with Crippen molar-refractivity contribution in [3.05, 3.63) is 66.1 Å². The van der Waals surface area contributed by atoms with Gasteiger partial charge in [-0.3, -0.25) is 4.79 Å². The maximum atomic E-state index is 12.2. The molecule has 0 fully saturated rings. The summed E-state index contributed by atoms with van der Waals surface area (Å²) in [6, 6.07) is 13.0. The Morgan fingerprint density at radius 2 is 2.04 bits per heavy atom. The molecule has 0 aliphatic rings. The molecule has 1 amide bonds. The maximum absolute atomic E-state index is 12.2. The minimum atomic E-state index is -0.273. The molecule has 1 aromatic carbocycles. The molecule has 0 spiro atoms. The van der Waals surface area contributed by atoms with Crippen molar-refractivity contribution in [2.45, 2.75) is 32.9 Å². The minimum absolute atomic E-state index is 0.110. The summed E-state index contributed by atoms with van der Waals surface area (Å²) in [7, 11) is 0. The number of aromatic nitrogens is 2. The number of imidazole rings is 1. The molecule has 0 saturated heterocycles. The van der Waals surface area contributed by atoms with Crippen molar-refractivity contribution in [1.82, 2.24) is 14.7 Å². The zero-order valence-electron chi connectivity index (χ0n) is 14.1. The first-order chi connectivity index (χ1) is 11.4. The van der Waals surface area contributed by atoms with E-state index in [0.29, 0.717) is 17.9 Å². The molecule has 0 aliphatic carbocycles. The van der Waals surface area contributed by atoms with E-state index < -0.39 is 0 Å². The Kier molecular flexibility index (Phi) is 4.25. The molecule has 0 aliphatic heterocycles. The Morgan fingerprint density at radius 3 is 2.79 bits per heavy atom. The molecular weight excluding hydrogens is 302 g/mol. The fraction of sp³-hybridized carbons (Fsp3) is 0.263. The first-order valence-corrected chi connectivity index (χ1v) is 7.89. The highest BCUT2D eigenvalue weighted by atomic mass is 16.5. The monoisotopic (exact) mass is 323 g/mol. The Bertz CT molecular complexity index is 829. The molecule has 5 nitrogen and oxygen atoms in total. The lowest BCUT2D eigenvalue weighted by molar-refractivity contribution is 0.0919. The average Bonchev–Trinajstić information content (AvgIpc) is 2.94. The van der Waals surface area contributed by atoms with Crippen LogP contribution in [0.4, 0.5) is 0 Å². The number of nitrogens with zero attached hydrogens (tertiary/aromatic N) is 2. The van der Waals surface area contributed by atoms with E-state index in [1.807, 2.05) is 67.9 Å². The second-order valence-electron chi connectivity index (χ2n) is 6.72. The van der Waals surface area contributed by atoms with Gasteiger partial charge >= 0.3 is 0 Å². The predicted octanol–water partition coefficient (Wildman–Crippen LogP) is 3.44. The molecule has 0 unspecified atom stereocenters. The molecule has 1 N–H and O–H groups in total. The van der Waals surface area contributed by atoms with Gasteiger partial charge in [-0.1, -0.05) is 12.1 Å². The molecule has 0 bridgehead atoms. The van der Waals surface area contributed by atoms with Crippen LogP contribution in [0.3, 0.4) is 0 Å². The van der Waals surface area contributed by atoms with Gasteiger partial charge in [-0.05, 0) is 51.1 Å².